The second kappa shape index (κ2) is 8.81. The summed E-state index contributed by atoms with van der Waals surface area (Å²) in [7, 11) is 0. The molecule has 0 amide bonds. The first kappa shape index (κ1) is 21.7. The monoisotopic (exact) mass is 431 g/mol. The summed E-state index contributed by atoms with van der Waals surface area (Å²) < 4.78 is 7.15. The summed E-state index contributed by atoms with van der Waals surface area (Å²) in [5.41, 5.74) is 4.04. The summed E-state index contributed by atoms with van der Waals surface area (Å²) in [4.78, 5) is 24.2. The highest BCUT2D eigenvalue weighted by atomic mass is 32.2. The average Bonchev–Trinajstić information content (AvgIpc) is 2.99. The van der Waals surface area contributed by atoms with E-state index in [9.17, 15) is 14.7 Å². The van der Waals surface area contributed by atoms with Gasteiger partial charge in [0.2, 0.25) is 0 Å². The first-order chi connectivity index (χ1) is 13.7. The molecule has 154 valence electrons. The van der Waals surface area contributed by atoms with Gasteiger partial charge < -0.3 is 9.84 Å². The fourth-order valence-electron chi connectivity index (χ4n) is 3.62. The van der Waals surface area contributed by atoms with E-state index in [1.807, 2.05) is 45.0 Å². The van der Waals surface area contributed by atoms with Crippen LogP contribution in [0.25, 0.3) is 11.1 Å². The van der Waals surface area contributed by atoms with E-state index < -0.39 is 22.9 Å². The van der Waals surface area contributed by atoms with Gasteiger partial charge in [0.1, 0.15) is 12.6 Å². The minimum absolute atomic E-state index is 0.0322. The maximum absolute atomic E-state index is 12.6. The Morgan fingerprint density at radius 3 is 2.07 bits per heavy atom. The van der Waals surface area contributed by atoms with Crippen LogP contribution in [0.2, 0.25) is 0 Å². The number of rotatable bonds is 6. The molecule has 5 nitrogen and oxygen atoms in total. The zero-order valence-electron chi connectivity index (χ0n) is 16.7. The number of carbonyl (C=O) groups is 2. The van der Waals surface area contributed by atoms with Crippen molar-refractivity contribution in [2.45, 2.75) is 38.3 Å². The highest BCUT2D eigenvalue weighted by Gasteiger charge is 2.36. The molecule has 1 unspecified atom stereocenters. The Balaban J connectivity index is 1.74. The summed E-state index contributed by atoms with van der Waals surface area (Å²) in [6, 6.07) is 15.4. The molecule has 3 rings (SSSR count). The Labute approximate surface area is 181 Å². The van der Waals surface area contributed by atoms with Gasteiger partial charge in [-0.15, -0.1) is 0 Å². The number of fused-ring (bicyclic) bond motifs is 3. The number of carboxylic acid groups (broad SMARTS) is 1. The van der Waals surface area contributed by atoms with Crippen LogP contribution in [0.4, 0.5) is 4.79 Å². The fourth-order valence-corrected chi connectivity index (χ4v) is 4.90. The lowest BCUT2D eigenvalue weighted by Crippen LogP contribution is -2.49. The zero-order valence-corrected chi connectivity index (χ0v) is 18.4. The van der Waals surface area contributed by atoms with Crippen LogP contribution in [0.15, 0.2) is 48.5 Å². The molecule has 2 aromatic rings. The van der Waals surface area contributed by atoms with E-state index in [-0.39, 0.29) is 18.3 Å². The van der Waals surface area contributed by atoms with Gasteiger partial charge in [0.05, 0.1) is 0 Å². The van der Waals surface area contributed by atoms with Crippen LogP contribution < -0.4 is 0 Å². The van der Waals surface area contributed by atoms with E-state index >= 15 is 0 Å². The molecule has 0 bridgehead atoms. The van der Waals surface area contributed by atoms with Crippen molar-refractivity contribution in [2.75, 3.05) is 12.4 Å². The van der Waals surface area contributed by atoms with Crippen LogP contribution in [-0.4, -0.2) is 44.6 Å². The van der Waals surface area contributed by atoms with E-state index in [0.717, 1.165) is 34.2 Å². The van der Waals surface area contributed by atoms with Crippen LogP contribution in [0, 0.1) is 0 Å². The molecule has 0 fully saturated rings. The Hall–Kier alpha value is -1.96. The molecule has 1 aliphatic carbocycles. The van der Waals surface area contributed by atoms with Gasteiger partial charge in [-0.05, 0) is 43.0 Å². The van der Waals surface area contributed by atoms with Crippen molar-refractivity contribution in [3.05, 3.63) is 59.7 Å². The van der Waals surface area contributed by atoms with Crippen LogP contribution in [0.3, 0.4) is 0 Å². The molecule has 1 N–H and O–H groups in total. The summed E-state index contributed by atoms with van der Waals surface area (Å²) in [6.07, 6.45) is 0. The van der Waals surface area contributed by atoms with Crippen molar-refractivity contribution in [3.63, 3.8) is 0 Å². The van der Waals surface area contributed by atoms with Crippen molar-refractivity contribution < 1.29 is 19.4 Å². The summed E-state index contributed by atoms with van der Waals surface area (Å²) >= 11 is 4.95. The SMILES string of the molecule is CC(C)(C)N(SC(=O)OCC1c2ccccc2-c2ccccc21)C(CS)C(=O)O. The molecule has 1 aliphatic rings. The minimum Gasteiger partial charge on any atom is -0.480 e. The number of benzene rings is 2. The maximum Gasteiger partial charge on any atom is 0.382 e. The van der Waals surface area contributed by atoms with Gasteiger partial charge in [-0.2, -0.15) is 12.6 Å². The molecular weight excluding hydrogens is 406 g/mol. The van der Waals surface area contributed by atoms with Gasteiger partial charge in [0.15, 0.2) is 0 Å². The highest BCUT2D eigenvalue weighted by Crippen LogP contribution is 2.44. The van der Waals surface area contributed by atoms with Crippen molar-refractivity contribution in [1.82, 2.24) is 4.31 Å². The Morgan fingerprint density at radius 1 is 1.10 bits per heavy atom. The van der Waals surface area contributed by atoms with Gasteiger partial charge in [0, 0.05) is 29.2 Å². The van der Waals surface area contributed by atoms with E-state index in [2.05, 4.69) is 36.9 Å². The van der Waals surface area contributed by atoms with Crippen molar-refractivity contribution in [3.8, 4) is 11.1 Å². The molecule has 7 heteroatoms. The van der Waals surface area contributed by atoms with Crippen LogP contribution in [-0.2, 0) is 9.53 Å². The molecule has 29 heavy (non-hydrogen) atoms. The number of carboxylic acids is 1. The number of hydrogen-bond donors (Lipinski definition) is 2. The second-order valence-corrected chi connectivity index (χ2v) is 9.19. The largest absolute Gasteiger partial charge is 0.480 e. The summed E-state index contributed by atoms with van der Waals surface area (Å²) in [5, 5.41) is 8.97. The quantitative estimate of drug-likeness (QED) is 0.378. The maximum atomic E-state index is 12.6. The first-order valence-electron chi connectivity index (χ1n) is 9.40. The Morgan fingerprint density at radius 2 is 1.62 bits per heavy atom. The van der Waals surface area contributed by atoms with Gasteiger partial charge in [-0.3, -0.25) is 4.79 Å². The van der Waals surface area contributed by atoms with Gasteiger partial charge in [0.25, 0.3) is 0 Å². The van der Waals surface area contributed by atoms with Crippen molar-refractivity contribution >= 4 is 35.8 Å². The molecule has 0 spiro atoms. The second-order valence-electron chi connectivity index (χ2n) is 7.91. The number of ether oxygens (including phenoxy) is 1. The predicted octanol–water partition coefficient (Wildman–Crippen LogP) is 5.07. The third-order valence-electron chi connectivity index (χ3n) is 4.91. The molecule has 0 saturated heterocycles. The summed E-state index contributed by atoms with van der Waals surface area (Å²) in [5.74, 6) is -0.958. The third-order valence-corrected chi connectivity index (χ3v) is 6.52. The van der Waals surface area contributed by atoms with E-state index in [1.54, 1.807) is 4.31 Å². The molecule has 0 radical (unpaired) electrons. The molecular formula is C22H25NO4S2. The first-order valence-corrected chi connectivity index (χ1v) is 10.8. The Kier molecular flexibility index (Phi) is 6.61. The van der Waals surface area contributed by atoms with Crippen molar-refractivity contribution in [2.24, 2.45) is 0 Å². The topological polar surface area (TPSA) is 66.8 Å². The van der Waals surface area contributed by atoms with Gasteiger partial charge in [-0.1, -0.05) is 48.5 Å². The number of hydrogen-bond acceptors (Lipinski definition) is 6. The van der Waals surface area contributed by atoms with Crippen LogP contribution >= 0.6 is 24.6 Å². The molecule has 0 heterocycles. The molecule has 1 atom stereocenters. The molecule has 0 aliphatic heterocycles. The van der Waals surface area contributed by atoms with Crippen LogP contribution in [0.5, 0.6) is 0 Å². The third kappa shape index (κ3) is 4.63. The standard InChI is InChI=1S/C22H25NO4S2/c1-22(2,3)23(19(13-28)20(24)25)29-21(26)27-12-18-16-10-6-4-8-14(16)15-9-5-7-11-17(15)18/h4-11,18-19,28H,12-13H2,1-3H3,(H,24,25). The summed E-state index contributed by atoms with van der Waals surface area (Å²) in [6.45, 7) is 5.78. The smallest absolute Gasteiger partial charge is 0.382 e. The predicted molar refractivity (Wildman–Crippen MR) is 120 cm³/mol. The van der Waals surface area contributed by atoms with Crippen LogP contribution in [0.1, 0.15) is 37.8 Å². The number of carbonyl (C=O) groups excluding carboxylic acids is 1. The van der Waals surface area contributed by atoms with Gasteiger partial charge >= 0.3 is 11.3 Å². The molecule has 2 aromatic carbocycles. The van der Waals surface area contributed by atoms with Crippen molar-refractivity contribution in [1.29, 1.82) is 0 Å². The van der Waals surface area contributed by atoms with Gasteiger partial charge in [-0.25, -0.2) is 9.10 Å². The number of nitrogens with zero attached hydrogens (tertiary/aromatic N) is 1. The minimum atomic E-state index is -1.02. The molecule has 0 aromatic heterocycles. The van der Waals surface area contributed by atoms with E-state index in [1.165, 1.54) is 0 Å². The normalized spacial score (nSPS) is 14.4. The lowest BCUT2D eigenvalue weighted by molar-refractivity contribution is -0.141. The van der Waals surface area contributed by atoms with E-state index in [0.29, 0.717) is 0 Å². The fraction of sp³-hybridized carbons (Fsp3) is 0.364. The number of aliphatic carboxylic acids is 1. The Bertz CT molecular complexity index is 864. The zero-order chi connectivity index (χ0) is 21.2. The highest BCUT2D eigenvalue weighted by molar-refractivity contribution is 8.11. The average molecular weight is 432 g/mol. The van der Waals surface area contributed by atoms with E-state index in [4.69, 9.17) is 4.74 Å². The molecule has 0 saturated carbocycles. The lowest BCUT2D eigenvalue weighted by Gasteiger charge is -2.36. The lowest BCUT2D eigenvalue weighted by atomic mass is 9.98. The number of thiol groups is 1.